The largest absolute Gasteiger partial charge is 0.488 e. The first-order valence-electron chi connectivity index (χ1n) is 7.41. The number of amides is 1. The number of allylic oxidation sites excluding steroid dienone is 1. The summed E-state index contributed by atoms with van der Waals surface area (Å²) in [6.07, 6.45) is 3.77. The van der Waals surface area contributed by atoms with E-state index in [1.54, 1.807) is 0 Å². The summed E-state index contributed by atoms with van der Waals surface area (Å²) in [5, 5.41) is 7.22. The predicted octanol–water partition coefficient (Wildman–Crippen LogP) is 1.62. The van der Waals surface area contributed by atoms with Crippen LogP contribution in [0.2, 0.25) is 0 Å². The van der Waals surface area contributed by atoms with Crippen LogP contribution in [0.5, 0.6) is 0 Å². The lowest BCUT2D eigenvalue weighted by Crippen LogP contribution is -2.44. The van der Waals surface area contributed by atoms with Gasteiger partial charge in [0.1, 0.15) is 0 Å². The molecule has 1 N–H and O–H groups in total. The smallest absolute Gasteiger partial charge is 0.289 e. The summed E-state index contributed by atoms with van der Waals surface area (Å²) in [5.74, 6) is 0.440. The average Bonchev–Trinajstić information content (AvgIpc) is 2.86. The summed E-state index contributed by atoms with van der Waals surface area (Å²) in [5.41, 5.74) is 2.96. The van der Waals surface area contributed by atoms with E-state index in [2.05, 4.69) is 10.2 Å². The number of nitrogens with one attached hydrogen (secondary N) is 1. The fourth-order valence-corrected chi connectivity index (χ4v) is 2.98. The van der Waals surface area contributed by atoms with Gasteiger partial charge in [0, 0.05) is 17.8 Å². The normalized spacial score (nSPS) is 22.7. The van der Waals surface area contributed by atoms with Gasteiger partial charge in [-0.3, -0.25) is 9.89 Å². The van der Waals surface area contributed by atoms with Crippen molar-refractivity contribution in [3.63, 3.8) is 0 Å². The highest BCUT2D eigenvalue weighted by Crippen LogP contribution is 2.30. The molecule has 1 fully saturated rings. The van der Waals surface area contributed by atoms with E-state index >= 15 is 0 Å². The van der Waals surface area contributed by atoms with Crippen molar-refractivity contribution in [3.05, 3.63) is 28.8 Å². The molecule has 21 heavy (non-hydrogen) atoms. The highest BCUT2D eigenvalue weighted by Gasteiger charge is 2.34. The molecule has 0 aliphatic carbocycles. The predicted molar refractivity (Wildman–Crippen MR) is 76.6 cm³/mol. The number of morpholine rings is 1. The number of rotatable bonds is 2. The summed E-state index contributed by atoms with van der Waals surface area (Å²) in [6, 6.07) is -0.101. The lowest BCUT2D eigenvalue weighted by molar-refractivity contribution is -0.140. The Morgan fingerprint density at radius 2 is 2.29 bits per heavy atom. The number of carbonyl (C=O) groups excluding carboxylic acids is 1. The van der Waals surface area contributed by atoms with Crippen molar-refractivity contribution >= 4 is 5.91 Å². The maximum absolute atomic E-state index is 12.7. The Bertz CT molecular complexity index is 545. The van der Waals surface area contributed by atoms with Crippen LogP contribution in [0, 0.1) is 13.8 Å². The van der Waals surface area contributed by atoms with Crippen molar-refractivity contribution in [2.45, 2.75) is 32.7 Å². The topological polar surface area (TPSA) is 67.5 Å². The number of ether oxygens (including phenoxy) is 2. The highest BCUT2D eigenvalue weighted by atomic mass is 16.5. The van der Waals surface area contributed by atoms with Gasteiger partial charge in [-0.1, -0.05) is 0 Å². The number of aromatic nitrogens is 2. The first-order valence-corrected chi connectivity index (χ1v) is 7.41. The van der Waals surface area contributed by atoms with Gasteiger partial charge in [-0.25, -0.2) is 0 Å². The van der Waals surface area contributed by atoms with Gasteiger partial charge in [0.05, 0.1) is 31.6 Å². The van der Waals surface area contributed by atoms with Crippen molar-refractivity contribution in [2.24, 2.45) is 0 Å². The van der Waals surface area contributed by atoms with Crippen LogP contribution >= 0.6 is 0 Å². The second-order valence-electron chi connectivity index (χ2n) is 5.50. The molecule has 1 unspecified atom stereocenters. The standard InChI is InChI=1S/C15H21N3O3/c1-10-14(11(2)17-16-10)12-9-20-8-6-18(12)15(19)13-5-3-4-7-21-13/h5,12H,3-4,6-9H2,1-2H3,(H,16,17). The van der Waals surface area contributed by atoms with E-state index in [4.69, 9.17) is 9.47 Å². The molecule has 3 heterocycles. The summed E-state index contributed by atoms with van der Waals surface area (Å²) >= 11 is 0. The zero-order valence-corrected chi connectivity index (χ0v) is 12.5. The average molecular weight is 291 g/mol. The third-order valence-corrected chi connectivity index (χ3v) is 4.05. The molecular weight excluding hydrogens is 270 g/mol. The van der Waals surface area contributed by atoms with E-state index in [1.807, 2.05) is 24.8 Å². The van der Waals surface area contributed by atoms with Crippen molar-refractivity contribution < 1.29 is 14.3 Å². The molecule has 2 aliphatic rings. The Morgan fingerprint density at radius 1 is 1.43 bits per heavy atom. The zero-order chi connectivity index (χ0) is 14.8. The van der Waals surface area contributed by atoms with E-state index in [9.17, 15) is 4.79 Å². The van der Waals surface area contributed by atoms with Gasteiger partial charge in [-0.15, -0.1) is 0 Å². The summed E-state index contributed by atoms with van der Waals surface area (Å²) in [7, 11) is 0. The fraction of sp³-hybridized carbons (Fsp3) is 0.600. The van der Waals surface area contributed by atoms with E-state index in [-0.39, 0.29) is 11.9 Å². The minimum Gasteiger partial charge on any atom is -0.488 e. The van der Waals surface area contributed by atoms with Crippen LogP contribution in [-0.2, 0) is 14.3 Å². The fourth-order valence-electron chi connectivity index (χ4n) is 2.98. The molecule has 1 saturated heterocycles. The quantitative estimate of drug-likeness (QED) is 0.899. The minimum atomic E-state index is -0.101. The van der Waals surface area contributed by atoms with Crippen molar-refractivity contribution in [1.82, 2.24) is 15.1 Å². The Morgan fingerprint density at radius 3 is 2.95 bits per heavy atom. The Hall–Kier alpha value is -1.82. The van der Waals surface area contributed by atoms with Gasteiger partial charge in [0.15, 0.2) is 5.76 Å². The van der Waals surface area contributed by atoms with Crippen LogP contribution in [0.4, 0.5) is 0 Å². The molecular formula is C15H21N3O3. The Balaban J connectivity index is 1.88. The van der Waals surface area contributed by atoms with Crippen LogP contribution in [0.25, 0.3) is 0 Å². The summed E-state index contributed by atoms with van der Waals surface area (Å²) < 4.78 is 11.1. The van der Waals surface area contributed by atoms with E-state index in [0.717, 1.165) is 29.8 Å². The molecule has 0 spiro atoms. The molecule has 114 valence electrons. The molecule has 0 aromatic carbocycles. The molecule has 6 nitrogen and oxygen atoms in total. The van der Waals surface area contributed by atoms with Gasteiger partial charge in [0.2, 0.25) is 0 Å². The summed E-state index contributed by atoms with van der Waals surface area (Å²) in [6.45, 7) is 6.19. The van der Waals surface area contributed by atoms with Gasteiger partial charge >= 0.3 is 0 Å². The van der Waals surface area contributed by atoms with E-state index < -0.39 is 0 Å². The van der Waals surface area contributed by atoms with Crippen molar-refractivity contribution in [1.29, 1.82) is 0 Å². The van der Waals surface area contributed by atoms with Gasteiger partial charge in [-0.05, 0) is 32.8 Å². The van der Waals surface area contributed by atoms with Gasteiger partial charge < -0.3 is 14.4 Å². The second-order valence-corrected chi connectivity index (χ2v) is 5.50. The number of aromatic amines is 1. The first kappa shape index (κ1) is 14.1. The van der Waals surface area contributed by atoms with Crippen molar-refractivity contribution in [2.75, 3.05) is 26.4 Å². The summed E-state index contributed by atoms with van der Waals surface area (Å²) in [4.78, 5) is 14.6. The lowest BCUT2D eigenvalue weighted by Gasteiger charge is -2.36. The molecule has 1 amide bonds. The number of hydrogen-bond donors (Lipinski definition) is 1. The van der Waals surface area contributed by atoms with E-state index in [1.165, 1.54) is 0 Å². The van der Waals surface area contributed by atoms with Crippen LogP contribution in [0.15, 0.2) is 11.8 Å². The van der Waals surface area contributed by atoms with Crippen LogP contribution < -0.4 is 0 Å². The van der Waals surface area contributed by atoms with Crippen LogP contribution in [0.3, 0.4) is 0 Å². The van der Waals surface area contributed by atoms with Crippen LogP contribution in [-0.4, -0.2) is 47.4 Å². The Kier molecular flexibility index (Phi) is 3.96. The molecule has 1 aromatic heterocycles. The third kappa shape index (κ3) is 2.68. The molecule has 2 aliphatic heterocycles. The third-order valence-electron chi connectivity index (χ3n) is 4.05. The second kappa shape index (κ2) is 5.89. The monoisotopic (exact) mass is 291 g/mol. The first-order chi connectivity index (χ1) is 10.2. The molecule has 1 aromatic rings. The molecule has 0 saturated carbocycles. The van der Waals surface area contributed by atoms with Crippen LogP contribution in [0.1, 0.15) is 35.8 Å². The highest BCUT2D eigenvalue weighted by molar-refractivity contribution is 5.92. The molecule has 6 heteroatoms. The minimum absolute atomic E-state index is 0.0389. The zero-order valence-electron chi connectivity index (χ0n) is 12.5. The Labute approximate surface area is 124 Å². The molecule has 0 bridgehead atoms. The molecule has 0 radical (unpaired) electrons. The number of nitrogens with zero attached hydrogens (tertiary/aromatic N) is 2. The number of aryl methyl sites for hydroxylation is 2. The van der Waals surface area contributed by atoms with Crippen molar-refractivity contribution in [3.8, 4) is 0 Å². The number of H-pyrrole nitrogens is 1. The van der Waals surface area contributed by atoms with Gasteiger partial charge in [-0.2, -0.15) is 5.10 Å². The lowest BCUT2D eigenvalue weighted by atomic mass is 10.0. The SMILES string of the molecule is Cc1n[nH]c(C)c1C1COCCN1C(=O)C1=CCCCO1. The maximum Gasteiger partial charge on any atom is 0.289 e. The number of carbonyl (C=O) groups is 1. The van der Waals surface area contributed by atoms with Gasteiger partial charge in [0.25, 0.3) is 5.91 Å². The maximum atomic E-state index is 12.7. The molecule has 1 atom stereocenters. The number of hydrogen-bond acceptors (Lipinski definition) is 4. The van der Waals surface area contributed by atoms with E-state index in [0.29, 0.717) is 32.1 Å². The molecule has 3 rings (SSSR count).